The van der Waals surface area contributed by atoms with Gasteiger partial charge in [0.15, 0.2) is 11.3 Å². The van der Waals surface area contributed by atoms with Crippen LogP contribution >= 0.6 is 11.6 Å². The second-order valence-corrected chi connectivity index (χ2v) is 6.76. The van der Waals surface area contributed by atoms with E-state index < -0.39 is 0 Å². The zero-order valence-corrected chi connectivity index (χ0v) is 15.4. The summed E-state index contributed by atoms with van der Waals surface area (Å²) < 4.78 is 8.02. The number of fused-ring (bicyclic) bond motifs is 5. The number of pyridine rings is 1. The normalized spacial score (nSPS) is 11.7. The second kappa shape index (κ2) is 5.92. The highest BCUT2D eigenvalue weighted by atomic mass is 35.5. The molecule has 1 N–H and O–H groups in total. The van der Waals surface area contributed by atoms with Crippen LogP contribution in [0.15, 0.2) is 36.5 Å². The molecule has 0 saturated carbocycles. The summed E-state index contributed by atoms with van der Waals surface area (Å²) in [6, 6.07) is 9.15. The van der Waals surface area contributed by atoms with Crippen molar-refractivity contribution >= 4 is 39.2 Å². The Labute approximate surface area is 159 Å². The van der Waals surface area contributed by atoms with Crippen molar-refractivity contribution < 1.29 is 4.74 Å². The molecule has 7 nitrogen and oxygen atoms in total. The van der Waals surface area contributed by atoms with E-state index in [1.165, 1.54) is 0 Å². The number of hydrogen-bond acceptors (Lipinski definition) is 5. The molecule has 1 aromatic carbocycles. The molecule has 0 saturated heterocycles. The topological polar surface area (TPSA) is 81.0 Å². The molecule has 0 aliphatic rings. The van der Waals surface area contributed by atoms with E-state index in [9.17, 15) is 0 Å². The van der Waals surface area contributed by atoms with Crippen molar-refractivity contribution in [2.75, 3.05) is 0 Å². The molecule has 8 heteroatoms. The number of halogens is 1. The fraction of sp³-hybridized carbons (Fsp3) is 0.158. The van der Waals surface area contributed by atoms with Gasteiger partial charge in [-0.25, -0.2) is 9.50 Å². The van der Waals surface area contributed by atoms with E-state index in [1.807, 2.05) is 29.6 Å². The quantitative estimate of drug-likeness (QED) is 0.501. The Bertz CT molecular complexity index is 1310. The summed E-state index contributed by atoms with van der Waals surface area (Å²) in [6.45, 7) is 4.04. The lowest BCUT2D eigenvalue weighted by Gasteiger charge is -2.10. The summed E-state index contributed by atoms with van der Waals surface area (Å²) in [4.78, 5) is 9.15. The zero-order valence-electron chi connectivity index (χ0n) is 14.7. The van der Waals surface area contributed by atoms with Gasteiger partial charge in [-0.1, -0.05) is 18.5 Å². The van der Waals surface area contributed by atoms with Crippen molar-refractivity contribution in [1.82, 2.24) is 29.8 Å². The van der Waals surface area contributed by atoms with E-state index in [4.69, 9.17) is 16.3 Å². The third-order valence-corrected chi connectivity index (χ3v) is 4.73. The van der Waals surface area contributed by atoms with E-state index in [2.05, 4.69) is 32.2 Å². The Balaban J connectivity index is 1.86. The Morgan fingerprint density at radius 3 is 2.78 bits per heavy atom. The monoisotopic (exact) mass is 378 g/mol. The molecule has 5 aromatic rings. The number of aromatic amines is 1. The van der Waals surface area contributed by atoms with Gasteiger partial charge in [0.1, 0.15) is 5.75 Å². The van der Waals surface area contributed by atoms with Gasteiger partial charge in [0.2, 0.25) is 5.88 Å². The predicted octanol–water partition coefficient (Wildman–Crippen LogP) is 4.47. The van der Waals surface area contributed by atoms with Crippen LogP contribution in [-0.2, 0) is 6.42 Å². The van der Waals surface area contributed by atoms with Gasteiger partial charge in [-0.3, -0.25) is 5.10 Å². The molecule has 0 bridgehead atoms. The van der Waals surface area contributed by atoms with Gasteiger partial charge < -0.3 is 4.74 Å². The van der Waals surface area contributed by atoms with Crippen LogP contribution in [0, 0.1) is 6.92 Å². The largest absolute Gasteiger partial charge is 0.438 e. The second-order valence-electron chi connectivity index (χ2n) is 6.33. The molecule has 0 aliphatic carbocycles. The Morgan fingerprint density at radius 2 is 2.00 bits per heavy atom. The number of aryl methyl sites for hydroxylation is 2. The fourth-order valence-corrected chi connectivity index (χ4v) is 3.39. The van der Waals surface area contributed by atoms with Crippen LogP contribution in [0.5, 0.6) is 11.6 Å². The maximum atomic E-state index is 6.09. The number of ether oxygens (including phenoxy) is 1. The van der Waals surface area contributed by atoms with Gasteiger partial charge in [-0.15, -0.1) is 5.10 Å². The number of aromatic nitrogens is 6. The van der Waals surface area contributed by atoms with Crippen molar-refractivity contribution in [3.05, 3.63) is 52.9 Å². The van der Waals surface area contributed by atoms with Gasteiger partial charge in [-0.05, 0) is 37.6 Å². The maximum absolute atomic E-state index is 6.09. The number of benzene rings is 1. The van der Waals surface area contributed by atoms with Gasteiger partial charge in [0, 0.05) is 23.0 Å². The summed E-state index contributed by atoms with van der Waals surface area (Å²) in [5.74, 6) is 1.13. The molecule has 0 fully saturated rings. The Kier molecular flexibility index (Phi) is 3.51. The lowest BCUT2D eigenvalue weighted by atomic mass is 10.1. The Morgan fingerprint density at radius 1 is 1.19 bits per heavy atom. The molecule has 0 spiro atoms. The molecule has 4 heterocycles. The third-order valence-electron chi connectivity index (χ3n) is 4.48. The van der Waals surface area contributed by atoms with Crippen LogP contribution in [0.4, 0.5) is 0 Å². The van der Waals surface area contributed by atoms with Gasteiger partial charge >= 0.3 is 0 Å². The first-order valence-electron chi connectivity index (χ1n) is 8.59. The molecule has 0 aliphatic heterocycles. The van der Waals surface area contributed by atoms with E-state index in [1.54, 1.807) is 18.3 Å². The minimum Gasteiger partial charge on any atom is -0.438 e. The van der Waals surface area contributed by atoms with Gasteiger partial charge in [-0.2, -0.15) is 10.1 Å². The molecular weight excluding hydrogens is 364 g/mol. The molecular formula is C19H15ClN6O. The number of H-pyrrole nitrogens is 1. The average molecular weight is 379 g/mol. The van der Waals surface area contributed by atoms with Crippen LogP contribution in [-0.4, -0.2) is 29.8 Å². The number of hydrogen-bond donors (Lipinski definition) is 1. The predicted molar refractivity (Wildman–Crippen MR) is 104 cm³/mol. The highest BCUT2D eigenvalue weighted by Crippen LogP contribution is 2.33. The van der Waals surface area contributed by atoms with E-state index in [0.29, 0.717) is 22.3 Å². The standard InChI is InChI=1S/C19H15ClN6O/c1-3-14-16-17-13(9-21-18(16)24-23-14)19(22-15-8-10(2)25-26(15)17)27-12-6-4-11(20)5-7-12/h4-9,25H,3H2,1-2H3. The third kappa shape index (κ3) is 2.50. The molecule has 134 valence electrons. The van der Waals surface area contributed by atoms with Crippen LogP contribution in [0.25, 0.3) is 27.6 Å². The maximum Gasteiger partial charge on any atom is 0.232 e. The summed E-state index contributed by atoms with van der Waals surface area (Å²) >= 11 is 5.97. The first-order valence-corrected chi connectivity index (χ1v) is 8.97. The molecule has 5 rings (SSSR count). The average Bonchev–Trinajstić information content (AvgIpc) is 3.25. The van der Waals surface area contributed by atoms with Crippen LogP contribution < -0.4 is 4.74 Å². The lowest BCUT2D eigenvalue weighted by molar-refractivity contribution is 0.469. The van der Waals surface area contributed by atoms with Gasteiger partial charge in [0.05, 0.1) is 22.0 Å². The van der Waals surface area contributed by atoms with Crippen molar-refractivity contribution in [3.8, 4) is 11.6 Å². The van der Waals surface area contributed by atoms with Gasteiger partial charge in [0.25, 0.3) is 0 Å². The minimum atomic E-state index is 0.476. The van der Waals surface area contributed by atoms with E-state index >= 15 is 0 Å². The minimum absolute atomic E-state index is 0.476. The van der Waals surface area contributed by atoms with Crippen molar-refractivity contribution in [2.45, 2.75) is 20.3 Å². The molecule has 4 aromatic heterocycles. The summed E-state index contributed by atoms with van der Waals surface area (Å²) in [7, 11) is 0. The van der Waals surface area contributed by atoms with E-state index in [-0.39, 0.29) is 0 Å². The first-order chi connectivity index (χ1) is 13.1. The Hall–Kier alpha value is -3.19. The summed E-state index contributed by atoms with van der Waals surface area (Å²) in [5, 5.41) is 14.2. The fourth-order valence-electron chi connectivity index (χ4n) is 3.26. The molecule has 0 atom stereocenters. The van der Waals surface area contributed by atoms with Crippen molar-refractivity contribution in [2.24, 2.45) is 0 Å². The number of nitrogens with zero attached hydrogens (tertiary/aromatic N) is 5. The highest BCUT2D eigenvalue weighted by molar-refractivity contribution is 6.30. The highest BCUT2D eigenvalue weighted by Gasteiger charge is 2.19. The lowest BCUT2D eigenvalue weighted by Crippen LogP contribution is -1.99. The van der Waals surface area contributed by atoms with Crippen LogP contribution in [0.2, 0.25) is 5.02 Å². The SMILES string of the molecule is CCc1nnc2ncc3c(Oc4ccc(Cl)cc4)nc4cc(C)[nH]n4c3c12. The molecule has 0 radical (unpaired) electrons. The smallest absolute Gasteiger partial charge is 0.232 e. The van der Waals surface area contributed by atoms with Crippen molar-refractivity contribution in [1.29, 1.82) is 0 Å². The van der Waals surface area contributed by atoms with Crippen LogP contribution in [0.3, 0.4) is 0 Å². The first kappa shape index (κ1) is 16.0. The van der Waals surface area contributed by atoms with Crippen LogP contribution in [0.1, 0.15) is 18.3 Å². The molecule has 0 unspecified atom stereocenters. The molecule has 27 heavy (non-hydrogen) atoms. The number of nitrogens with one attached hydrogen (secondary N) is 1. The molecule has 0 amide bonds. The van der Waals surface area contributed by atoms with Crippen molar-refractivity contribution in [3.63, 3.8) is 0 Å². The summed E-state index contributed by atoms with van der Waals surface area (Å²) in [5.41, 5.74) is 4.16. The zero-order chi connectivity index (χ0) is 18.5. The van der Waals surface area contributed by atoms with E-state index in [0.717, 1.165) is 39.7 Å². The summed E-state index contributed by atoms with van der Waals surface area (Å²) in [6.07, 6.45) is 2.49. The number of rotatable bonds is 3.